The molecule has 0 aliphatic carbocycles. The number of carbonyl (C=O) groups is 1. The third-order valence-electron chi connectivity index (χ3n) is 4.65. The normalized spacial score (nSPS) is 12.7. The van der Waals surface area contributed by atoms with E-state index in [1.165, 1.54) is 18.2 Å². The van der Waals surface area contributed by atoms with Gasteiger partial charge in [-0.15, -0.1) is 0 Å². The van der Waals surface area contributed by atoms with E-state index < -0.39 is 32.3 Å². The number of benzene rings is 3. The SMILES string of the molecule is COc1ccc2cc([C@H](C)C(=O)Nc3ccccc3S(=O)(=O)C(F)F)ccc2c1. The molecule has 3 rings (SSSR count). The molecule has 1 atom stereocenters. The largest absolute Gasteiger partial charge is 0.497 e. The predicted molar refractivity (Wildman–Crippen MR) is 107 cm³/mol. The van der Waals surface area contributed by atoms with Gasteiger partial charge in [-0.3, -0.25) is 4.79 Å². The summed E-state index contributed by atoms with van der Waals surface area (Å²) in [4.78, 5) is 12.1. The van der Waals surface area contributed by atoms with Gasteiger partial charge in [-0.05, 0) is 47.5 Å². The van der Waals surface area contributed by atoms with Gasteiger partial charge < -0.3 is 10.1 Å². The Morgan fingerprint density at radius 3 is 2.34 bits per heavy atom. The van der Waals surface area contributed by atoms with Gasteiger partial charge in [-0.2, -0.15) is 8.78 Å². The van der Waals surface area contributed by atoms with Gasteiger partial charge in [-0.25, -0.2) is 8.42 Å². The predicted octanol–water partition coefficient (Wildman–Crippen LogP) is 4.59. The first-order valence-corrected chi connectivity index (χ1v) is 10.3. The van der Waals surface area contributed by atoms with Crippen molar-refractivity contribution in [2.24, 2.45) is 0 Å². The van der Waals surface area contributed by atoms with Gasteiger partial charge in [0.2, 0.25) is 15.7 Å². The zero-order valence-electron chi connectivity index (χ0n) is 15.7. The molecule has 1 amide bonds. The van der Waals surface area contributed by atoms with Crippen LogP contribution in [0.4, 0.5) is 14.5 Å². The molecule has 0 radical (unpaired) electrons. The minimum atomic E-state index is -4.84. The number of carbonyl (C=O) groups excluding carboxylic acids is 1. The fraction of sp³-hybridized carbons (Fsp3) is 0.190. The van der Waals surface area contributed by atoms with E-state index in [2.05, 4.69) is 5.32 Å². The second-order valence-electron chi connectivity index (χ2n) is 6.49. The van der Waals surface area contributed by atoms with E-state index in [0.29, 0.717) is 11.3 Å². The first-order valence-electron chi connectivity index (χ1n) is 8.73. The Balaban J connectivity index is 1.88. The lowest BCUT2D eigenvalue weighted by molar-refractivity contribution is -0.117. The molecule has 3 aromatic rings. The van der Waals surface area contributed by atoms with Gasteiger partial charge in [0.15, 0.2) is 0 Å². The average Bonchev–Trinajstić information content (AvgIpc) is 2.72. The molecule has 0 saturated heterocycles. The van der Waals surface area contributed by atoms with E-state index in [9.17, 15) is 22.0 Å². The number of fused-ring (bicyclic) bond motifs is 1. The molecule has 0 unspecified atom stereocenters. The average molecular weight is 419 g/mol. The Morgan fingerprint density at radius 2 is 1.66 bits per heavy atom. The van der Waals surface area contributed by atoms with Crippen LogP contribution >= 0.6 is 0 Å². The molecule has 5 nitrogen and oxygen atoms in total. The van der Waals surface area contributed by atoms with Gasteiger partial charge in [0, 0.05) is 0 Å². The minimum Gasteiger partial charge on any atom is -0.497 e. The number of hydrogen-bond acceptors (Lipinski definition) is 4. The molecular weight excluding hydrogens is 400 g/mol. The lowest BCUT2D eigenvalue weighted by Crippen LogP contribution is -2.21. The van der Waals surface area contributed by atoms with Gasteiger partial charge in [-0.1, -0.05) is 36.4 Å². The Labute approximate surface area is 167 Å². The Kier molecular flexibility index (Phi) is 5.83. The van der Waals surface area contributed by atoms with Gasteiger partial charge in [0.25, 0.3) is 0 Å². The van der Waals surface area contributed by atoms with Crippen molar-refractivity contribution in [3.8, 4) is 5.75 Å². The lowest BCUT2D eigenvalue weighted by atomic mass is 9.97. The topological polar surface area (TPSA) is 72.5 Å². The molecule has 0 aromatic heterocycles. The summed E-state index contributed by atoms with van der Waals surface area (Å²) in [5, 5.41) is 4.31. The maximum absolute atomic E-state index is 12.9. The van der Waals surface area contributed by atoms with Crippen molar-refractivity contribution < 1.29 is 26.7 Å². The van der Waals surface area contributed by atoms with Crippen LogP contribution in [0.2, 0.25) is 0 Å². The third-order valence-corrected chi connectivity index (χ3v) is 6.09. The van der Waals surface area contributed by atoms with Crippen molar-refractivity contribution in [2.75, 3.05) is 12.4 Å². The molecule has 0 saturated carbocycles. The summed E-state index contributed by atoms with van der Waals surface area (Å²) in [6.07, 6.45) is 0. The zero-order chi connectivity index (χ0) is 21.2. The molecule has 152 valence electrons. The van der Waals surface area contributed by atoms with Crippen LogP contribution in [0, 0.1) is 0 Å². The number of hydrogen-bond donors (Lipinski definition) is 1. The van der Waals surface area contributed by atoms with Crippen LogP contribution < -0.4 is 10.1 Å². The number of alkyl halides is 2. The van der Waals surface area contributed by atoms with Gasteiger partial charge >= 0.3 is 5.76 Å². The van der Waals surface area contributed by atoms with Crippen LogP contribution in [-0.4, -0.2) is 27.2 Å². The number of nitrogens with one attached hydrogen (secondary N) is 1. The minimum absolute atomic E-state index is 0.171. The maximum atomic E-state index is 12.9. The Bertz CT molecular complexity index is 1160. The number of anilines is 1. The number of para-hydroxylation sites is 1. The van der Waals surface area contributed by atoms with Crippen molar-refractivity contribution in [3.63, 3.8) is 0 Å². The van der Waals surface area contributed by atoms with E-state index >= 15 is 0 Å². The molecule has 0 aliphatic heterocycles. The maximum Gasteiger partial charge on any atom is 0.341 e. The summed E-state index contributed by atoms with van der Waals surface area (Å²) in [6.45, 7) is 1.66. The zero-order valence-corrected chi connectivity index (χ0v) is 16.5. The second kappa shape index (κ2) is 8.16. The fourth-order valence-electron chi connectivity index (χ4n) is 2.94. The van der Waals surface area contributed by atoms with E-state index in [4.69, 9.17) is 4.74 Å². The third kappa shape index (κ3) is 4.22. The molecular formula is C21H19F2NO4S. The van der Waals surface area contributed by atoms with Gasteiger partial charge in [0.05, 0.1) is 23.6 Å². The summed E-state index contributed by atoms with van der Waals surface area (Å²) in [5.74, 6) is -4.00. The highest BCUT2D eigenvalue weighted by molar-refractivity contribution is 7.91. The number of rotatable bonds is 6. The summed E-state index contributed by atoms with van der Waals surface area (Å²) >= 11 is 0. The monoisotopic (exact) mass is 419 g/mol. The first-order chi connectivity index (χ1) is 13.7. The molecule has 8 heteroatoms. The molecule has 0 spiro atoms. The van der Waals surface area contributed by atoms with Crippen molar-refractivity contribution in [1.82, 2.24) is 0 Å². The second-order valence-corrected chi connectivity index (χ2v) is 8.37. The van der Waals surface area contributed by atoms with Crippen molar-refractivity contribution in [3.05, 3.63) is 66.2 Å². The van der Waals surface area contributed by atoms with E-state index in [-0.39, 0.29) is 5.69 Å². The van der Waals surface area contributed by atoms with Crippen molar-refractivity contribution >= 4 is 32.2 Å². The highest BCUT2D eigenvalue weighted by atomic mass is 32.2. The highest BCUT2D eigenvalue weighted by Crippen LogP contribution is 2.29. The number of amides is 1. The molecule has 1 N–H and O–H groups in total. The van der Waals surface area contributed by atoms with Crippen LogP contribution in [0.3, 0.4) is 0 Å². The van der Waals surface area contributed by atoms with E-state index in [1.807, 2.05) is 30.3 Å². The van der Waals surface area contributed by atoms with Crippen LogP contribution in [0.5, 0.6) is 5.75 Å². The molecule has 29 heavy (non-hydrogen) atoms. The standard InChI is InChI=1S/C21H19F2NO4S/c1-13(14-7-8-16-12-17(28-2)10-9-15(16)11-14)20(25)24-18-5-3-4-6-19(18)29(26,27)21(22)23/h3-13,21H,1-2H3,(H,24,25)/t13-/m0/s1. The summed E-state index contributed by atoms with van der Waals surface area (Å²) in [6, 6.07) is 16.2. The van der Waals surface area contributed by atoms with Crippen molar-refractivity contribution in [2.45, 2.75) is 23.5 Å². The fourth-order valence-corrected chi connectivity index (χ4v) is 3.83. The van der Waals surface area contributed by atoms with Crippen LogP contribution in [-0.2, 0) is 14.6 Å². The quantitative estimate of drug-likeness (QED) is 0.635. The van der Waals surface area contributed by atoms with Crippen LogP contribution in [0.25, 0.3) is 10.8 Å². The summed E-state index contributed by atoms with van der Waals surface area (Å²) in [5.41, 5.74) is 0.532. The number of halogens is 2. The smallest absolute Gasteiger partial charge is 0.341 e. The summed E-state index contributed by atoms with van der Waals surface area (Å²) < 4.78 is 54.8. The number of methoxy groups -OCH3 is 1. The molecule has 0 aliphatic rings. The van der Waals surface area contributed by atoms with Crippen molar-refractivity contribution in [1.29, 1.82) is 0 Å². The number of sulfone groups is 1. The van der Waals surface area contributed by atoms with E-state index in [0.717, 1.165) is 16.8 Å². The Hall–Kier alpha value is -3.00. The molecule has 0 bridgehead atoms. The van der Waals surface area contributed by atoms with E-state index in [1.54, 1.807) is 20.1 Å². The highest BCUT2D eigenvalue weighted by Gasteiger charge is 2.30. The van der Waals surface area contributed by atoms with Crippen LogP contribution in [0.15, 0.2) is 65.6 Å². The molecule has 3 aromatic carbocycles. The molecule has 0 fully saturated rings. The molecule has 0 heterocycles. The summed E-state index contributed by atoms with van der Waals surface area (Å²) in [7, 11) is -3.26. The lowest BCUT2D eigenvalue weighted by Gasteiger charge is -2.16. The van der Waals surface area contributed by atoms with Gasteiger partial charge in [0.1, 0.15) is 5.75 Å². The van der Waals surface area contributed by atoms with Crippen LogP contribution in [0.1, 0.15) is 18.4 Å². The Morgan fingerprint density at radius 1 is 1.00 bits per heavy atom. The first kappa shape index (κ1) is 20.7. The number of ether oxygens (including phenoxy) is 1.